The third kappa shape index (κ3) is 2.28. The molecule has 1 atom stereocenters. The molecule has 104 valence electrons. The summed E-state index contributed by atoms with van der Waals surface area (Å²) in [5.41, 5.74) is 2.41. The lowest BCUT2D eigenvalue weighted by atomic mass is 10.0. The molecule has 0 radical (unpaired) electrons. The number of methoxy groups -OCH3 is 1. The molecule has 1 aromatic carbocycles. The number of anilines is 1. The summed E-state index contributed by atoms with van der Waals surface area (Å²) in [7, 11) is 1.27. The van der Waals surface area contributed by atoms with Gasteiger partial charge in [-0.05, 0) is 25.1 Å². The fourth-order valence-electron chi connectivity index (χ4n) is 1.89. The number of halogens is 2. The van der Waals surface area contributed by atoms with Gasteiger partial charge in [-0.25, -0.2) is 4.79 Å². The van der Waals surface area contributed by atoms with E-state index in [1.807, 2.05) is 0 Å². The first-order valence-corrected chi connectivity index (χ1v) is 6.42. The molecular weight excluding hydrogens is 301 g/mol. The van der Waals surface area contributed by atoms with Crippen LogP contribution < -0.4 is 10.4 Å². The largest absolute Gasteiger partial charge is 0.464 e. The molecule has 1 aliphatic heterocycles. The van der Waals surface area contributed by atoms with E-state index in [0.29, 0.717) is 15.7 Å². The summed E-state index contributed by atoms with van der Waals surface area (Å²) in [5.74, 6) is -0.563. The average Bonchev–Trinajstić information content (AvgIpc) is 2.79. The van der Waals surface area contributed by atoms with Crippen LogP contribution in [0.4, 0.5) is 5.69 Å². The molecule has 20 heavy (non-hydrogen) atoms. The number of ether oxygens (including phenoxy) is 1. The summed E-state index contributed by atoms with van der Waals surface area (Å²) in [5, 5.41) is 11.5. The molecule has 2 rings (SSSR count). The van der Waals surface area contributed by atoms with Crippen molar-refractivity contribution in [3.8, 4) is 6.07 Å². The van der Waals surface area contributed by atoms with E-state index < -0.39 is 11.5 Å². The SMILES string of the molecule is COC(=O)C1=CC(C)(C#N)N(c2cccc(Cl)c2Cl)N1. The minimum absolute atomic E-state index is 0.174. The summed E-state index contributed by atoms with van der Waals surface area (Å²) < 4.78 is 4.65. The van der Waals surface area contributed by atoms with Gasteiger partial charge in [-0.1, -0.05) is 29.3 Å². The van der Waals surface area contributed by atoms with Gasteiger partial charge < -0.3 is 4.74 Å². The number of esters is 1. The van der Waals surface area contributed by atoms with Crippen LogP contribution in [0.3, 0.4) is 0 Å². The van der Waals surface area contributed by atoms with Gasteiger partial charge in [-0.15, -0.1) is 0 Å². The second-order valence-corrected chi connectivity index (χ2v) is 5.11. The van der Waals surface area contributed by atoms with Crippen LogP contribution in [0, 0.1) is 11.3 Å². The van der Waals surface area contributed by atoms with Crippen molar-refractivity contribution in [2.45, 2.75) is 12.5 Å². The second kappa shape index (κ2) is 5.23. The Morgan fingerprint density at radius 3 is 2.80 bits per heavy atom. The Kier molecular flexibility index (Phi) is 3.80. The Hall–Kier alpha value is -1.90. The lowest BCUT2D eigenvalue weighted by Gasteiger charge is -2.31. The van der Waals surface area contributed by atoms with Gasteiger partial charge in [0.25, 0.3) is 0 Å². The van der Waals surface area contributed by atoms with E-state index in [0.717, 1.165) is 0 Å². The van der Waals surface area contributed by atoms with Gasteiger partial charge in [0.15, 0.2) is 5.54 Å². The maximum absolute atomic E-state index is 11.6. The molecule has 7 heteroatoms. The van der Waals surface area contributed by atoms with Crippen LogP contribution in [0.25, 0.3) is 0 Å². The molecule has 1 N–H and O–H groups in total. The molecule has 1 aromatic rings. The van der Waals surface area contributed by atoms with Crippen molar-refractivity contribution < 1.29 is 9.53 Å². The van der Waals surface area contributed by atoms with Gasteiger partial charge in [0.05, 0.1) is 28.9 Å². The topological polar surface area (TPSA) is 65.4 Å². The molecule has 0 aromatic heterocycles. The van der Waals surface area contributed by atoms with Crippen molar-refractivity contribution in [3.63, 3.8) is 0 Å². The van der Waals surface area contributed by atoms with Crippen LogP contribution in [0.2, 0.25) is 10.0 Å². The minimum Gasteiger partial charge on any atom is -0.464 e. The normalized spacial score (nSPS) is 20.9. The lowest BCUT2D eigenvalue weighted by molar-refractivity contribution is -0.136. The fourth-order valence-corrected chi connectivity index (χ4v) is 2.27. The van der Waals surface area contributed by atoms with Gasteiger partial charge in [0.1, 0.15) is 5.70 Å². The van der Waals surface area contributed by atoms with Gasteiger partial charge >= 0.3 is 5.97 Å². The van der Waals surface area contributed by atoms with Crippen molar-refractivity contribution in [3.05, 3.63) is 40.0 Å². The summed E-state index contributed by atoms with van der Waals surface area (Å²) in [4.78, 5) is 11.6. The van der Waals surface area contributed by atoms with E-state index >= 15 is 0 Å². The van der Waals surface area contributed by atoms with Crippen molar-refractivity contribution in [1.82, 2.24) is 5.43 Å². The number of carbonyl (C=O) groups is 1. The van der Waals surface area contributed by atoms with Crippen molar-refractivity contribution in [1.29, 1.82) is 5.26 Å². The number of nitriles is 1. The first-order chi connectivity index (χ1) is 9.42. The molecular formula is C13H11Cl2N3O2. The average molecular weight is 312 g/mol. The van der Waals surface area contributed by atoms with Crippen LogP contribution in [0.1, 0.15) is 6.92 Å². The highest BCUT2D eigenvalue weighted by Gasteiger charge is 2.40. The summed E-state index contributed by atoms with van der Waals surface area (Å²) in [6.45, 7) is 1.65. The number of benzene rings is 1. The number of hydrazine groups is 1. The second-order valence-electron chi connectivity index (χ2n) is 4.33. The van der Waals surface area contributed by atoms with Gasteiger partial charge in [0, 0.05) is 0 Å². The number of carbonyl (C=O) groups excluding carboxylic acids is 1. The first-order valence-electron chi connectivity index (χ1n) is 5.66. The Bertz CT molecular complexity index is 639. The fraction of sp³-hybridized carbons (Fsp3) is 0.231. The minimum atomic E-state index is -1.09. The summed E-state index contributed by atoms with van der Waals surface area (Å²) in [6, 6.07) is 7.17. The maximum atomic E-state index is 11.6. The molecule has 5 nitrogen and oxygen atoms in total. The summed E-state index contributed by atoms with van der Waals surface area (Å²) in [6.07, 6.45) is 1.48. The first kappa shape index (κ1) is 14.5. The van der Waals surface area contributed by atoms with E-state index in [1.165, 1.54) is 18.2 Å². The zero-order valence-corrected chi connectivity index (χ0v) is 12.3. The molecule has 0 amide bonds. The molecule has 0 spiro atoms. The van der Waals surface area contributed by atoms with E-state index in [-0.39, 0.29) is 5.70 Å². The van der Waals surface area contributed by atoms with Crippen LogP contribution >= 0.6 is 23.2 Å². The standard InChI is InChI=1S/C13H11Cl2N3O2/c1-13(7-16)6-9(12(19)20-2)17-18(13)10-5-3-4-8(14)11(10)15/h3-6,17H,1-2H3. The van der Waals surface area contributed by atoms with Crippen LogP contribution in [0.5, 0.6) is 0 Å². The third-order valence-electron chi connectivity index (χ3n) is 2.93. The number of hydrogen-bond donors (Lipinski definition) is 1. The van der Waals surface area contributed by atoms with Gasteiger partial charge in [-0.2, -0.15) is 5.26 Å². The number of nitrogens with one attached hydrogen (secondary N) is 1. The predicted octanol–water partition coefficient (Wildman–Crippen LogP) is 2.66. The molecule has 0 saturated carbocycles. The smallest absolute Gasteiger partial charge is 0.355 e. The highest BCUT2D eigenvalue weighted by atomic mass is 35.5. The van der Waals surface area contributed by atoms with E-state index in [2.05, 4.69) is 16.2 Å². The third-order valence-corrected chi connectivity index (χ3v) is 3.73. The highest BCUT2D eigenvalue weighted by Crippen LogP contribution is 2.37. The lowest BCUT2D eigenvalue weighted by Crippen LogP contribution is -2.47. The quantitative estimate of drug-likeness (QED) is 0.851. The number of nitrogens with zero attached hydrogens (tertiary/aromatic N) is 2. The number of rotatable bonds is 2. The van der Waals surface area contributed by atoms with E-state index in [1.54, 1.807) is 25.1 Å². The van der Waals surface area contributed by atoms with Crippen molar-refractivity contribution in [2.75, 3.05) is 12.1 Å². The van der Waals surface area contributed by atoms with E-state index in [9.17, 15) is 10.1 Å². The zero-order chi connectivity index (χ0) is 14.9. The molecule has 1 heterocycles. The van der Waals surface area contributed by atoms with E-state index in [4.69, 9.17) is 23.2 Å². The van der Waals surface area contributed by atoms with Gasteiger partial charge in [0.2, 0.25) is 0 Å². The zero-order valence-electron chi connectivity index (χ0n) is 10.8. The van der Waals surface area contributed by atoms with Crippen molar-refractivity contribution in [2.24, 2.45) is 0 Å². The molecule has 0 bridgehead atoms. The van der Waals surface area contributed by atoms with Crippen molar-refractivity contribution >= 4 is 34.9 Å². The molecule has 1 aliphatic rings. The molecule has 0 saturated heterocycles. The molecule has 1 unspecified atom stereocenters. The van der Waals surface area contributed by atoms with Crippen LogP contribution in [-0.2, 0) is 9.53 Å². The van der Waals surface area contributed by atoms with Crippen LogP contribution in [-0.4, -0.2) is 18.6 Å². The Morgan fingerprint density at radius 1 is 1.50 bits per heavy atom. The Labute approximate surface area is 126 Å². The summed E-state index contributed by atoms with van der Waals surface area (Å²) >= 11 is 12.1. The van der Waals surface area contributed by atoms with Gasteiger partial charge in [-0.3, -0.25) is 10.4 Å². The predicted molar refractivity (Wildman–Crippen MR) is 76.2 cm³/mol. The molecule has 0 fully saturated rings. The number of hydrogen-bond acceptors (Lipinski definition) is 5. The Balaban J connectivity index is 2.47. The van der Waals surface area contributed by atoms with Crippen LogP contribution in [0.15, 0.2) is 30.0 Å². The highest BCUT2D eigenvalue weighted by molar-refractivity contribution is 6.43. The molecule has 0 aliphatic carbocycles. The maximum Gasteiger partial charge on any atom is 0.355 e. The Morgan fingerprint density at radius 2 is 2.20 bits per heavy atom. The monoisotopic (exact) mass is 311 g/mol.